The molecule has 170 valence electrons. The van der Waals surface area contributed by atoms with Gasteiger partial charge in [-0.1, -0.05) is 48.5 Å². The first-order valence-electron chi connectivity index (χ1n) is 11.0. The molecule has 1 aliphatic rings. The van der Waals surface area contributed by atoms with Crippen LogP contribution in [0.1, 0.15) is 21.6 Å². The van der Waals surface area contributed by atoms with E-state index in [9.17, 15) is 14.0 Å². The maximum absolute atomic E-state index is 13.6. The van der Waals surface area contributed by atoms with E-state index in [1.54, 1.807) is 41.4 Å². The number of carbonyl (C=O) groups is 2. The van der Waals surface area contributed by atoms with Gasteiger partial charge in [-0.25, -0.2) is 4.39 Å². The highest BCUT2D eigenvalue weighted by Crippen LogP contribution is 2.15. The molecular formula is C26H26FN3O3. The van der Waals surface area contributed by atoms with E-state index >= 15 is 0 Å². The Morgan fingerprint density at radius 3 is 2.55 bits per heavy atom. The number of benzene rings is 2. The first kappa shape index (κ1) is 22.6. The number of halogens is 1. The number of amides is 2. The lowest BCUT2D eigenvalue weighted by Gasteiger charge is -2.25. The first-order chi connectivity index (χ1) is 16.1. The van der Waals surface area contributed by atoms with Crippen LogP contribution < -0.4 is 0 Å². The second kappa shape index (κ2) is 10.8. The predicted molar refractivity (Wildman–Crippen MR) is 122 cm³/mol. The third kappa shape index (κ3) is 6.23. The van der Waals surface area contributed by atoms with Crippen LogP contribution in [0.15, 0.2) is 79.0 Å². The Morgan fingerprint density at radius 2 is 1.79 bits per heavy atom. The lowest BCUT2D eigenvalue weighted by molar-refractivity contribution is -0.131. The topological polar surface area (TPSA) is 62.7 Å². The quantitative estimate of drug-likeness (QED) is 0.557. The highest BCUT2D eigenvalue weighted by atomic mass is 19.1. The fraction of sp³-hybridized carbons (Fsp3) is 0.269. The summed E-state index contributed by atoms with van der Waals surface area (Å²) in [4.78, 5) is 33.5. The summed E-state index contributed by atoms with van der Waals surface area (Å²) in [6, 6.07) is 21.3. The second-order valence-electron chi connectivity index (χ2n) is 8.04. The van der Waals surface area contributed by atoms with Gasteiger partial charge in [0.25, 0.3) is 5.91 Å². The zero-order chi connectivity index (χ0) is 23.0. The molecule has 1 aromatic heterocycles. The van der Waals surface area contributed by atoms with Gasteiger partial charge in [0.05, 0.1) is 12.7 Å². The summed E-state index contributed by atoms with van der Waals surface area (Å²) < 4.78 is 19.6. The lowest BCUT2D eigenvalue weighted by atomic mass is 10.1. The summed E-state index contributed by atoms with van der Waals surface area (Å²) in [5, 5.41) is 0. The third-order valence-corrected chi connectivity index (χ3v) is 5.59. The van der Waals surface area contributed by atoms with E-state index in [0.29, 0.717) is 25.1 Å². The number of hydrogen-bond acceptors (Lipinski definition) is 4. The Kier molecular flexibility index (Phi) is 7.42. The van der Waals surface area contributed by atoms with Gasteiger partial charge in [-0.2, -0.15) is 0 Å². The van der Waals surface area contributed by atoms with Crippen LogP contribution in [0.5, 0.6) is 0 Å². The molecular weight excluding hydrogens is 421 g/mol. The Balaban J connectivity index is 1.49. The maximum atomic E-state index is 13.6. The summed E-state index contributed by atoms with van der Waals surface area (Å²) in [7, 11) is 0. The zero-order valence-corrected chi connectivity index (χ0v) is 18.3. The number of rotatable bonds is 7. The molecule has 1 atom stereocenters. The van der Waals surface area contributed by atoms with E-state index in [0.717, 1.165) is 5.56 Å². The molecule has 0 aliphatic carbocycles. The monoisotopic (exact) mass is 447 g/mol. The molecule has 2 heterocycles. The van der Waals surface area contributed by atoms with Crippen LogP contribution in [0.3, 0.4) is 0 Å². The van der Waals surface area contributed by atoms with E-state index in [1.165, 1.54) is 17.0 Å². The zero-order valence-electron chi connectivity index (χ0n) is 18.3. The summed E-state index contributed by atoms with van der Waals surface area (Å²) >= 11 is 0. The molecule has 2 amide bonds. The van der Waals surface area contributed by atoms with Crippen LogP contribution in [0.25, 0.3) is 0 Å². The molecule has 7 heteroatoms. The molecule has 0 spiro atoms. The van der Waals surface area contributed by atoms with Gasteiger partial charge in [-0.3, -0.25) is 14.6 Å². The smallest absolute Gasteiger partial charge is 0.273 e. The minimum Gasteiger partial charge on any atom is -0.370 e. The molecule has 1 aliphatic heterocycles. The Morgan fingerprint density at radius 1 is 1.00 bits per heavy atom. The lowest BCUT2D eigenvalue weighted by Crippen LogP contribution is -2.40. The summed E-state index contributed by atoms with van der Waals surface area (Å²) in [5.41, 5.74) is 2.11. The molecule has 0 N–H and O–H groups in total. The van der Waals surface area contributed by atoms with Crippen molar-refractivity contribution >= 4 is 11.8 Å². The Labute approximate surface area is 192 Å². The van der Waals surface area contributed by atoms with Crippen molar-refractivity contribution in [1.29, 1.82) is 0 Å². The van der Waals surface area contributed by atoms with Gasteiger partial charge in [0.15, 0.2) is 0 Å². The number of pyridine rings is 1. The van der Waals surface area contributed by atoms with E-state index in [-0.39, 0.29) is 43.0 Å². The van der Waals surface area contributed by atoms with Crippen molar-refractivity contribution < 1.29 is 18.7 Å². The van der Waals surface area contributed by atoms with Crippen LogP contribution in [0.2, 0.25) is 0 Å². The van der Waals surface area contributed by atoms with E-state index < -0.39 is 6.10 Å². The maximum Gasteiger partial charge on any atom is 0.273 e. The molecule has 0 bridgehead atoms. The van der Waals surface area contributed by atoms with Crippen molar-refractivity contribution in [2.45, 2.75) is 19.1 Å². The van der Waals surface area contributed by atoms with Crippen molar-refractivity contribution in [3.63, 3.8) is 0 Å². The summed E-state index contributed by atoms with van der Waals surface area (Å²) in [5.74, 6) is -0.774. The van der Waals surface area contributed by atoms with Crippen molar-refractivity contribution in [3.8, 4) is 0 Å². The molecule has 1 saturated heterocycles. The van der Waals surface area contributed by atoms with Crippen LogP contribution in [0.4, 0.5) is 4.39 Å². The minimum atomic E-state index is -0.414. The Hall–Kier alpha value is -3.58. The van der Waals surface area contributed by atoms with Gasteiger partial charge in [-0.05, 0) is 41.8 Å². The Bertz CT molecular complexity index is 1080. The molecule has 0 saturated carbocycles. The normalized spacial score (nSPS) is 16.5. The number of hydrogen-bond donors (Lipinski definition) is 0. The van der Waals surface area contributed by atoms with Crippen LogP contribution in [-0.4, -0.2) is 58.9 Å². The van der Waals surface area contributed by atoms with E-state index in [2.05, 4.69) is 4.98 Å². The summed E-state index contributed by atoms with van der Waals surface area (Å²) in [6.45, 7) is 1.28. The van der Waals surface area contributed by atoms with Crippen LogP contribution >= 0.6 is 0 Å². The highest BCUT2D eigenvalue weighted by molar-refractivity contribution is 5.95. The number of aromatic nitrogens is 1. The van der Waals surface area contributed by atoms with E-state index in [4.69, 9.17) is 4.74 Å². The third-order valence-electron chi connectivity index (χ3n) is 5.59. The molecule has 3 aromatic rings. The van der Waals surface area contributed by atoms with Gasteiger partial charge in [-0.15, -0.1) is 0 Å². The number of ether oxygens (including phenoxy) is 1. The summed E-state index contributed by atoms with van der Waals surface area (Å²) in [6.07, 6.45) is 1.84. The standard InChI is InChI=1S/C26H26FN3O3/c27-22-10-6-9-21(15-22)19-33-23-16-29(14-12-20-7-2-1-3-8-20)25(31)18-30(17-23)26(32)24-11-4-5-13-28-24/h1-11,13,15,23H,12,14,16-19H2. The van der Waals surface area contributed by atoms with Gasteiger partial charge in [0, 0.05) is 25.8 Å². The predicted octanol–water partition coefficient (Wildman–Crippen LogP) is 3.33. The van der Waals surface area contributed by atoms with Crippen molar-refractivity contribution in [2.24, 2.45) is 0 Å². The van der Waals surface area contributed by atoms with Gasteiger partial charge < -0.3 is 14.5 Å². The highest BCUT2D eigenvalue weighted by Gasteiger charge is 2.31. The molecule has 6 nitrogen and oxygen atoms in total. The average Bonchev–Trinajstić information content (AvgIpc) is 3.00. The minimum absolute atomic E-state index is 0.0377. The van der Waals surface area contributed by atoms with Gasteiger partial charge >= 0.3 is 0 Å². The molecule has 4 rings (SSSR count). The van der Waals surface area contributed by atoms with Crippen LogP contribution in [0, 0.1) is 5.82 Å². The van der Waals surface area contributed by atoms with Gasteiger partial charge in [0.1, 0.15) is 18.1 Å². The molecule has 0 radical (unpaired) electrons. The first-order valence-corrected chi connectivity index (χ1v) is 11.0. The number of carbonyl (C=O) groups excluding carboxylic acids is 2. The second-order valence-corrected chi connectivity index (χ2v) is 8.04. The fourth-order valence-electron chi connectivity index (χ4n) is 3.86. The van der Waals surface area contributed by atoms with Crippen molar-refractivity contribution in [2.75, 3.05) is 26.2 Å². The molecule has 1 fully saturated rings. The van der Waals surface area contributed by atoms with Crippen molar-refractivity contribution in [1.82, 2.24) is 14.8 Å². The fourth-order valence-corrected chi connectivity index (χ4v) is 3.86. The van der Waals surface area contributed by atoms with E-state index in [1.807, 2.05) is 30.3 Å². The largest absolute Gasteiger partial charge is 0.370 e. The van der Waals surface area contributed by atoms with Crippen LogP contribution in [-0.2, 0) is 22.6 Å². The molecule has 33 heavy (non-hydrogen) atoms. The SMILES string of the molecule is O=C1CN(C(=O)c2ccccn2)CC(OCc2cccc(F)c2)CN1CCc1ccccc1. The number of nitrogens with zero attached hydrogens (tertiary/aromatic N) is 3. The molecule has 1 unspecified atom stereocenters. The average molecular weight is 448 g/mol. The van der Waals surface area contributed by atoms with Crippen molar-refractivity contribution in [3.05, 3.63) is 102 Å². The van der Waals surface area contributed by atoms with Gasteiger partial charge in [0.2, 0.25) is 5.91 Å². The molecule has 2 aromatic carbocycles.